The molecule has 0 aliphatic carbocycles. The number of hydrogen-bond donors (Lipinski definition) is 1. The maximum Gasteiger partial charge on any atom is 0.142 e. The summed E-state index contributed by atoms with van der Waals surface area (Å²) in [6.07, 6.45) is 2.46. The Morgan fingerprint density at radius 2 is 2.21 bits per heavy atom. The zero-order chi connectivity index (χ0) is 13.8. The summed E-state index contributed by atoms with van der Waals surface area (Å²) in [5.74, 6) is 0.981. The van der Waals surface area contributed by atoms with Crippen LogP contribution in [0.5, 0.6) is 5.75 Å². The molecule has 2 unspecified atom stereocenters. The minimum Gasteiger partial charge on any atom is -0.495 e. The molecule has 2 atom stereocenters. The first-order chi connectivity index (χ1) is 9.15. The van der Waals surface area contributed by atoms with E-state index in [1.54, 1.807) is 7.11 Å². The maximum absolute atomic E-state index is 5.54. The van der Waals surface area contributed by atoms with Crippen molar-refractivity contribution in [2.45, 2.75) is 45.7 Å². The summed E-state index contributed by atoms with van der Waals surface area (Å²) in [6, 6.07) is 7.52. The van der Waals surface area contributed by atoms with Crippen LogP contribution in [0.25, 0.3) is 0 Å². The summed E-state index contributed by atoms with van der Waals surface area (Å²) in [7, 11) is 1.75. The molecule has 1 fully saturated rings. The second-order valence-electron chi connectivity index (χ2n) is 5.57. The molecule has 19 heavy (non-hydrogen) atoms. The Kier molecular flexibility index (Phi) is 4.70. The lowest BCUT2D eigenvalue weighted by molar-refractivity contribution is 0.375. The molecular weight excluding hydrogens is 236 g/mol. The van der Waals surface area contributed by atoms with Gasteiger partial charge < -0.3 is 15.0 Å². The highest BCUT2D eigenvalue weighted by molar-refractivity contribution is 5.61. The fourth-order valence-electron chi connectivity index (χ4n) is 2.83. The van der Waals surface area contributed by atoms with E-state index in [0.29, 0.717) is 12.1 Å². The van der Waals surface area contributed by atoms with Crippen molar-refractivity contribution < 1.29 is 4.74 Å². The number of rotatable bonds is 4. The molecule has 1 saturated heterocycles. The molecule has 0 radical (unpaired) electrons. The normalized spacial score (nSPS) is 23.5. The lowest BCUT2D eigenvalue weighted by atomic mass is 10.0. The Balaban J connectivity index is 2.25. The SMILES string of the molecule is CCCC1CN(c2cc(C)ccc2OC)C(C)CN1. The third kappa shape index (κ3) is 3.21. The first-order valence-corrected chi connectivity index (χ1v) is 7.30. The van der Waals surface area contributed by atoms with Crippen LogP contribution in [0, 0.1) is 6.92 Å². The van der Waals surface area contributed by atoms with Gasteiger partial charge in [-0.15, -0.1) is 0 Å². The number of anilines is 1. The number of methoxy groups -OCH3 is 1. The lowest BCUT2D eigenvalue weighted by Gasteiger charge is -2.41. The van der Waals surface area contributed by atoms with E-state index in [0.717, 1.165) is 18.8 Å². The van der Waals surface area contributed by atoms with Crippen LogP contribution in [0.2, 0.25) is 0 Å². The number of nitrogens with zero attached hydrogens (tertiary/aromatic N) is 1. The standard InChI is InChI=1S/C16H26N2O/c1-5-6-14-11-18(13(3)10-17-14)15-9-12(2)7-8-16(15)19-4/h7-9,13-14,17H,5-6,10-11H2,1-4H3. The van der Waals surface area contributed by atoms with E-state index in [2.05, 4.69) is 49.2 Å². The number of aryl methyl sites for hydroxylation is 1. The second-order valence-corrected chi connectivity index (χ2v) is 5.57. The molecule has 1 N–H and O–H groups in total. The van der Waals surface area contributed by atoms with Gasteiger partial charge in [-0.05, 0) is 38.0 Å². The third-order valence-electron chi connectivity index (χ3n) is 3.93. The second kappa shape index (κ2) is 6.29. The number of hydrogen-bond acceptors (Lipinski definition) is 3. The Hall–Kier alpha value is -1.22. The molecule has 1 aromatic carbocycles. The Morgan fingerprint density at radius 3 is 2.89 bits per heavy atom. The largest absolute Gasteiger partial charge is 0.495 e. The van der Waals surface area contributed by atoms with Gasteiger partial charge in [0.15, 0.2) is 0 Å². The molecular formula is C16H26N2O. The van der Waals surface area contributed by atoms with Crippen LogP contribution in [0.15, 0.2) is 18.2 Å². The van der Waals surface area contributed by atoms with Gasteiger partial charge >= 0.3 is 0 Å². The Morgan fingerprint density at radius 1 is 1.42 bits per heavy atom. The van der Waals surface area contributed by atoms with Crippen LogP contribution in [-0.2, 0) is 0 Å². The molecule has 1 aliphatic rings. The lowest BCUT2D eigenvalue weighted by Crippen LogP contribution is -2.55. The summed E-state index contributed by atoms with van der Waals surface area (Å²) in [5, 5.41) is 3.64. The molecule has 1 aliphatic heterocycles. The van der Waals surface area contributed by atoms with Crippen LogP contribution in [0.4, 0.5) is 5.69 Å². The minimum absolute atomic E-state index is 0.504. The Labute approximate surface area is 116 Å². The number of benzene rings is 1. The van der Waals surface area contributed by atoms with Crippen LogP contribution < -0.4 is 15.0 Å². The fraction of sp³-hybridized carbons (Fsp3) is 0.625. The topological polar surface area (TPSA) is 24.5 Å². The van der Waals surface area contributed by atoms with E-state index in [1.807, 2.05) is 0 Å². The zero-order valence-electron chi connectivity index (χ0n) is 12.6. The minimum atomic E-state index is 0.504. The van der Waals surface area contributed by atoms with E-state index in [1.165, 1.54) is 24.1 Å². The summed E-state index contributed by atoms with van der Waals surface area (Å²) < 4.78 is 5.54. The fourth-order valence-corrected chi connectivity index (χ4v) is 2.83. The number of nitrogens with one attached hydrogen (secondary N) is 1. The Bertz CT molecular complexity index is 419. The van der Waals surface area contributed by atoms with Crippen LogP contribution in [0.1, 0.15) is 32.3 Å². The van der Waals surface area contributed by atoms with Gasteiger partial charge in [0.05, 0.1) is 12.8 Å². The van der Waals surface area contributed by atoms with Crippen molar-refractivity contribution in [3.8, 4) is 5.75 Å². The molecule has 1 heterocycles. The van der Waals surface area contributed by atoms with E-state index >= 15 is 0 Å². The number of ether oxygens (including phenoxy) is 1. The molecule has 3 nitrogen and oxygen atoms in total. The molecule has 0 amide bonds. The summed E-state index contributed by atoms with van der Waals surface area (Å²) in [6.45, 7) is 8.77. The van der Waals surface area contributed by atoms with E-state index < -0.39 is 0 Å². The van der Waals surface area contributed by atoms with Crippen molar-refractivity contribution >= 4 is 5.69 Å². The molecule has 1 aromatic rings. The quantitative estimate of drug-likeness (QED) is 0.903. The third-order valence-corrected chi connectivity index (χ3v) is 3.93. The van der Waals surface area contributed by atoms with Crippen molar-refractivity contribution in [1.29, 1.82) is 0 Å². The van der Waals surface area contributed by atoms with Crippen molar-refractivity contribution in [1.82, 2.24) is 5.32 Å². The first-order valence-electron chi connectivity index (χ1n) is 7.30. The smallest absolute Gasteiger partial charge is 0.142 e. The predicted octanol–water partition coefficient (Wildman–Crippen LogP) is 2.97. The van der Waals surface area contributed by atoms with Crippen molar-refractivity contribution in [2.75, 3.05) is 25.1 Å². The van der Waals surface area contributed by atoms with Gasteiger partial charge in [-0.25, -0.2) is 0 Å². The monoisotopic (exact) mass is 262 g/mol. The van der Waals surface area contributed by atoms with Gasteiger partial charge in [0.2, 0.25) is 0 Å². The average molecular weight is 262 g/mol. The summed E-state index contributed by atoms with van der Waals surface area (Å²) >= 11 is 0. The van der Waals surface area contributed by atoms with Gasteiger partial charge in [0, 0.05) is 25.2 Å². The first kappa shape index (κ1) is 14.2. The maximum atomic E-state index is 5.54. The molecule has 0 saturated carbocycles. The van der Waals surface area contributed by atoms with Gasteiger partial charge in [0.1, 0.15) is 5.75 Å². The molecule has 0 spiro atoms. The van der Waals surface area contributed by atoms with E-state index in [-0.39, 0.29) is 0 Å². The predicted molar refractivity (Wildman–Crippen MR) is 81.2 cm³/mol. The molecule has 3 heteroatoms. The highest BCUT2D eigenvalue weighted by Crippen LogP contribution is 2.32. The highest BCUT2D eigenvalue weighted by Gasteiger charge is 2.26. The molecule has 0 aromatic heterocycles. The van der Waals surface area contributed by atoms with Gasteiger partial charge in [-0.1, -0.05) is 19.4 Å². The molecule has 106 valence electrons. The van der Waals surface area contributed by atoms with Crippen molar-refractivity contribution in [3.05, 3.63) is 23.8 Å². The van der Waals surface area contributed by atoms with Crippen LogP contribution >= 0.6 is 0 Å². The van der Waals surface area contributed by atoms with Gasteiger partial charge in [-0.2, -0.15) is 0 Å². The highest BCUT2D eigenvalue weighted by atomic mass is 16.5. The summed E-state index contributed by atoms with van der Waals surface area (Å²) in [4.78, 5) is 2.49. The van der Waals surface area contributed by atoms with Crippen molar-refractivity contribution in [2.24, 2.45) is 0 Å². The van der Waals surface area contributed by atoms with E-state index in [9.17, 15) is 0 Å². The van der Waals surface area contributed by atoms with E-state index in [4.69, 9.17) is 4.74 Å². The molecule has 2 rings (SSSR count). The number of piperazine rings is 1. The van der Waals surface area contributed by atoms with Crippen LogP contribution in [0.3, 0.4) is 0 Å². The molecule has 0 bridgehead atoms. The van der Waals surface area contributed by atoms with Crippen LogP contribution in [-0.4, -0.2) is 32.3 Å². The zero-order valence-corrected chi connectivity index (χ0v) is 12.6. The average Bonchev–Trinajstić information content (AvgIpc) is 2.41. The van der Waals surface area contributed by atoms with Gasteiger partial charge in [-0.3, -0.25) is 0 Å². The summed E-state index contributed by atoms with van der Waals surface area (Å²) in [5.41, 5.74) is 2.52. The van der Waals surface area contributed by atoms with Gasteiger partial charge in [0.25, 0.3) is 0 Å². The van der Waals surface area contributed by atoms with Crippen molar-refractivity contribution in [3.63, 3.8) is 0 Å².